The zero-order valence-electron chi connectivity index (χ0n) is 9.41. The van der Waals surface area contributed by atoms with Crippen LogP contribution in [0.4, 0.5) is 5.69 Å². The van der Waals surface area contributed by atoms with Crippen molar-refractivity contribution >= 4 is 17.3 Å². The monoisotopic (exact) mass is 263 g/mol. The van der Waals surface area contributed by atoms with Crippen LogP contribution in [0, 0.1) is 10.1 Å². The molecule has 5 nitrogen and oxygen atoms in total. The number of nitro groups is 1. The highest BCUT2D eigenvalue weighted by atomic mass is 35.5. The van der Waals surface area contributed by atoms with E-state index in [0.717, 1.165) is 18.5 Å². The number of benzene rings is 1. The lowest BCUT2D eigenvalue weighted by Gasteiger charge is -2.03. The number of para-hydroxylation sites is 2. The SMILES string of the molecule is O=[N+]([O-])c1ccccc1-n1nc(C2CC2)cc1Cl. The van der Waals surface area contributed by atoms with Crippen LogP contribution in [0.1, 0.15) is 24.5 Å². The van der Waals surface area contributed by atoms with Gasteiger partial charge in [0, 0.05) is 12.0 Å². The van der Waals surface area contributed by atoms with Gasteiger partial charge in [-0.25, -0.2) is 4.68 Å². The molecule has 1 aromatic heterocycles. The number of hydrogen-bond donors (Lipinski definition) is 0. The second kappa shape index (κ2) is 4.10. The van der Waals surface area contributed by atoms with Crippen molar-refractivity contribution in [3.63, 3.8) is 0 Å². The van der Waals surface area contributed by atoms with E-state index >= 15 is 0 Å². The number of nitro benzene ring substituents is 1. The second-order valence-corrected chi connectivity index (χ2v) is 4.71. The first kappa shape index (κ1) is 11.2. The summed E-state index contributed by atoms with van der Waals surface area (Å²) in [7, 11) is 0. The number of nitrogens with zero attached hydrogens (tertiary/aromatic N) is 3. The molecule has 0 aliphatic heterocycles. The van der Waals surface area contributed by atoms with Gasteiger partial charge in [0.1, 0.15) is 10.8 Å². The van der Waals surface area contributed by atoms with Crippen LogP contribution in [0.5, 0.6) is 0 Å². The summed E-state index contributed by atoms with van der Waals surface area (Å²) in [4.78, 5) is 10.6. The minimum absolute atomic E-state index is 0.00449. The van der Waals surface area contributed by atoms with E-state index in [0.29, 0.717) is 16.8 Å². The fourth-order valence-electron chi connectivity index (χ4n) is 1.92. The molecular formula is C12H10ClN3O2. The van der Waals surface area contributed by atoms with Crippen molar-refractivity contribution in [2.45, 2.75) is 18.8 Å². The Morgan fingerprint density at radius 1 is 1.39 bits per heavy atom. The highest BCUT2D eigenvalue weighted by molar-refractivity contribution is 6.29. The molecule has 1 aliphatic carbocycles. The van der Waals surface area contributed by atoms with Crippen molar-refractivity contribution in [3.8, 4) is 5.69 Å². The van der Waals surface area contributed by atoms with Crippen molar-refractivity contribution in [2.75, 3.05) is 0 Å². The van der Waals surface area contributed by atoms with Crippen LogP contribution < -0.4 is 0 Å². The predicted molar refractivity (Wildman–Crippen MR) is 67.2 cm³/mol. The lowest BCUT2D eigenvalue weighted by molar-refractivity contribution is -0.384. The van der Waals surface area contributed by atoms with Crippen molar-refractivity contribution in [2.24, 2.45) is 0 Å². The van der Waals surface area contributed by atoms with Crippen LogP contribution in [-0.2, 0) is 0 Å². The van der Waals surface area contributed by atoms with E-state index in [1.165, 1.54) is 10.7 Å². The highest BCUT2D eigenvalue weighted by Crippen LogP contribution is 2.40. The molecule has 6 heteroatoms. The molecule has 0 radical (unpaired) electrons. The van der Waals surface area contributed by atoms with Crippen LogP contribution >= 0.6 is 11.6 Å². The minimum Gasteiger partial charge on any atom is -0.258 e. The smallest absolute Gasteiger partial charge is 0.258 e. The van der Waals surface area contributed by atoms with Gasteiger partial charge in [-0.1, -0.05) is 23.7 Å². The van der Waals surface area contributed by atoms with Crippen LogP contribution in [0.2, 0.25) is 5.15 Å². The van der Waals surface area contributed by atoms with E-state index in [-0.39, 0.29) is 5.69 Å². The van der Waals surface area contributed by atoms with Gasteiger partial charge < -0.3 is 0 Å². The molecule has 0 amide bonds. The Hall–Kier alpha value is -1.88. The van der Waals surface area contributed by atoms with Gasteiger partial charge >= 0.3 is 0 Å². The third-order valence-electron chi connectivity index (χ3n) is 2.99. The van der Waals surface area contributed by atoms with Gasteiger partial charge in [0.25, 0.3) is 5.69 Å². The molecule has 18 heavy (non-hydrogen) atoms. The van der Waals surface area contributed by atoms with Gasteiger partial charge in [-0.3, -0.25) is 10.1 Å². The average Bonchev–Trinajstić information content (AvgIpc) is 3.13. The molecule has 1 aliphatic rings. The van der Waals surface area contributed by atoms with E-state index < -0.39 is 4.92 Å². The van der Waals surface area contributed by atoms with Gasteiger partial charge in [0.05, 0.1) is 10.6 Å². The molecule has 1 heterocycles. The number of halogens is 1. The summed E-state index contributed by atoms with van der Waals surface area (Å²) in [5.41, 5.74) is 1.32. The van der Waals surface area contributed by atoms with E-state index in [4.69, 9.17) is 11.6 Å². The van der Waals surface area contributed by atoms with E-state index in [1.54, 1.807) is 24.3 Å². The summed E-state index contributed by atoms with van der Waals surface area (Å²) in [6, 6.07) is 8.24. The van der Waals surface area contributed by atoms with E-state index in [1.807, 2.05) is 0 Å². The number of rotatable bonds is 3. The molecule has 0 saturated heterocycles. The topological polar surface area (TPSA) is 61.0 Å². The Kier molecular flexibility index (Phi) is 2.56. The molecule has 92 valence electrons. The summed E-state index contributed by atoms with van der Waals surface area (Å²) >= 11 is 6.11. The summed E-state index contributed by atoms with van der Waals surface area (Å²) < 4.78 is 1.44. The zero-order chi connectivity index (χ0) is 12.7. The molecule has 1 fully saturated rings. The fourth-order valence-corrected chi connectivity index (χ4v) is 2.16. The van der Waals surface area contributed by atoms with Gasteiger partial charge in [-0.15, -0.1) is 0 Å². The highest BCUT2D eigenvalue weighted by Gasteiger charge is 2.28. The molecule has 0 N–H and O–H groups in total. The largest absolute Gasteiger partial charge is 0.294 e. The summed E-state index contributed by atoms with van der Waals surface area (Å²) in [5, 5.41) is 15.8. The summed E-state index contributed by atoms with van der Waals surface area (Å²) in [6.45, 7) is 0. The lowest BCUT2D eigenvalue weighted by atomic mass is 10.3. The Labute approximate surface area is 108 Å². The normalized spacial score (nSPS) is 14.7. The van der Waals surface area contributed by atoms with E-state index in [9.17, 15) is 10.1 Å². The summed E-state index contributed by atoms with van der Waals surface area (Å²) in [5.74, 6) is 0.464. The van der Waals surface area contributed by atoms with Crippen molar-refractivity contribution < 1.29 is 4.92 Å². The maximum atomic E-state index is 11.0. The molecule has 1 aromatic carbocycles. The molecule has 0 unspecified atom stereocenters. The molecule has 0 spiro atoms. The second-order valence-electron chi connectivity index (χ2n) is 4.32. The summed E-state index contributed by atoms with van der Waals surface area (Å²) in [6.07, 6.45) is 2.23. The Balaban J connectivity index is 2.11. The van der Waals surface area contributed by atoms with Crippen molar-refractivity contribution in [1.82, 2.24) is 9.78 Å². The third kappa shape index (κ3) is 1.86. The molecule has 0 bridgehead atoms. The molecule has 3 rings (SSSR count). The molecule has 2 aromatic rings. The molecule has 0 atom stereocenters. The van der Waals surface area contributed by atoms with Gasteiger partial charge in [-0.2, -0.15) is 5.10 Å². The van der Waals surface area contributed by atoms with Gasteiger partial charge in [-0.05, 0) is 25.0 Å². The predicted octanol–water partition coefficient (Wildman–Crippen LogP) is 3.31. The number of aromatic nitrogens is 2. The Morgan fingerprint density at radius 2 is 2.11 bits per heavy atom. The molecular weight excluding hydrogens is 254 g/mol. The van der Waals surface area contributed by atoms with Crippen LogP contribution in [0.15, 0.2) is 30.3 Å². The quantitative estimate of drug-likeness (QED) is 0.630. The van der Waals surface area contributed by atoms with Crippen LogP contribution in [0.3, 0.4) is 0 Å². The average molecular weight is 264 g/mol. The van der Waals surface area contributed by atoms with Gasteiger partial charge in [0.2, 0.25) is 0 Å². The van der Waals surface area contributed by atoms with Gasteiger partial charge in [0.15, 0.2) is 0 Å². The minimum atomic E-state index is -0.426. The first-order valence-corrected chi connectivity index (χ1v) is 6.04. The van der Waals surface area contributed by atoms with Crippen molar-refractivity contribution in [3.05, 3.63) is 51.3 Å². The standard InChI is InChI=1S/C12H10ClN3O2/c13-12-7-9(8-5-6-8)14-15(12)10-3-1-2-4-11(10)16(17)18/h1-4,7-8H,5-6H2. The number of hydrogen-bond acceptors (Lipinski definition) is 3. The first-order valence-electron chi connectivity index (χ1n) is 5.66. The van der Waals surface area contributed by atoms with Crippen LogP contribution in [-0.4, -0.2) is 14.7 Å². The fraction of sp³-hybridized carbons (Fsp3) is 0.250. The third-order valence-corrected chi connectivity index (χ3v) is 3.26. The Bertz CT molecular complexity index is 620. The van der Waals surface area contributed by atoms with E-state index in [2.05, 4.69) is 5.10 Å². The Morgan fingerprint density at radius 3 is 2.78 bits per heavy atom. The zero-order valence-corrected chi connectivity index (χ0v) is 10.2. The lowest BCUT2D eigenvalue weighted by Crippen LogP contribution is -2.02. The molecule has 1 saturated carbocycles. The first-order chi connectivity index (χ1) is 8.66. The van der Waals surface area contributed by atoms with Crippen molar-refractivity contribution in [1.29, 1.82) is 0 Å². The maximum absolute atomic E-state index is 11.0. The van der Waals surface area contributed by atoms with Crippen LogP contribution in [0.25, 0.3) is 5.69 Å². The maximum Gasteiger partial charge on any atom is 0.294 e.